The van der Waals surface area contributed by atoms with Crippen LogP contribution in [0.1, 0.15) is 39.5 Å². The van der Waals surface area contributed by atoms with Gasteiger partial charge in [-0.1, -0.05) is 42.5 Å². The van der Waals surface area contributed by atoms with E-state index in [9.17, 15) is 14.4 Å². The smallest absolute Gasteiger partial charge is 0.290 e. The Kier molecular flexibility index (Phi) is 5.17. The molecule has 1 N–H and O–H groups in total. The lowest BCUT2D eigenvalue weighted by Crippen LogP contribution is -2.17. The van der Waals surface area contributed by atoms with E-state index in [4.69, 9.17) is 0 Å². The van der Waals surface area contributed by atoms with Gasteiger partial charge in [0, 0.05) is 28.4 Å². The molecule has 0 spiro atoms. The highest BCUT2D eigenvalue weighted by molar-refractivity contribution is 8.18. The molecule has 33 heavy (non-hydrogen) atoms. The monoisotopic (exact) mass is 454 g/mol. The Morgan fingerprint density at radius 1 is 1.06 bits per heavy atom. The van der Waals surface area contributed by atoms with Crippen LogP contribution >= 0.6 is 11.8 Å². The molecule has 0 radical (unpaired) electrons. The number of Topliss-reactive ketones (excluding diaryl/α,β-unsaturated/α-hetero) is 1. The van der Waals surface area contributed by atoms with Gasteiger partial charge in [0.15, 0.2) is 5.78 Å². The Morgan fingerprint density at radius 3 is 2.45 bits per heavy atom. The van der Waals surface area contributed by atoms with Crippen molar-refractivity contribution in [3.8, 4) is 0 Å². The van der Waals surface area contributed by atoms with E-state index >= 15 is 0 Å². The molecule has 1 fully saturated rings. The Hall–Kier alpha value is -3.64. The maximum Gasteiger partial charge on any atom is 0.290 e. The van der Waals surface area contributed by atoms with Crippen LogP contribution in [0, 0.1) is 13.8 Å². The lowest BCUT2D eigenvalue weighted by atomic mass is 9.98. The second kappa shape index (κ2) is 8.05. The topological polar surface area (TPSA) is 68.2 Å². The molecule has 0 aliphatic carbocycles. The summed E-state index contributed by atoms with van der Waals surface area (Å²) >= 11 is 0.935. The van der Waals surface area contributed by atoms with Gasteiger partial charge in [0.1, 0.15) is 0 Å². The van der Waals surface area contributed by atoms with Crippen LogP contribution in [0.4, 0.5) is 4.79 Å². The normalized spacial score (nSPS) is 15.1. The van der Waals surface area contributed by atoms with Gasteiger partial charge < -0.3 is 4.57 Å². The zero-order valence-electron chi connectivity index (χ0n) is 18.6. The van der Waals surface area contributed by atoms with Crippen molar-refractivity contribution in [2.24, 2.45) is 0 Å². The van der Waals surface area contributed by atoms with E-state index in [0.717, 1.165) is 55.8 Å². The van der Waals surface area contributed by atoms with Crippen LogP contribution in [0.5, 0.6) is 0 Å². The Morgan fingerprint density at radius 2 is 1.79 bits per heavy atom. The number of rotatable bonds is 4. The molecule has 2 heterocycles. The van der Waals surface area contributed by atoms with Crippen LogP contribution in [0.2, 0.25) is 0 Å². The third-order valence-electron chi connectivity index (χ3n) is 6.15. The van der Waals surface area contributed by atoms with Crippen molar-refractivity contribution >= 4 is 56.6 Å². The number of hydrogen-bond donors (Lipinski definition) is 1. The summed E-state index contributed by atoms with van der Waals surface area (Å²) in [6.07, 6.45) is 1.80. The van der Waals surface area contributed by atoms with Crippen molar-refractivity contribution in [3.05, 3.63) is 87.3 Å². The van der Waals surface area contributed by atoms with Crippen LogP contribution in [0.3, 0.4) is 0 Å². The highest BCUT2D eigenvalue weighted by atomic mass is 32.2. The number of ketones is 1. The number of para-hydroxylation sites is 1. The van der Waals surface area contributed by atoms with Crippen molar-refractivity contribution in [3.63, 3.8) is 0 Å². The van der Waals surface area contributed by atoms with Crippen molar-refractivity contribution in [1.29, 1.82) is 0 Å². The summed E-state index contributed by atoms with van der Waals surface area (Å²) in [4.78, 5) is 35.7. The molecule has 1 aliphatic rings. The summed E-state index contributed by atoms with van der Waals surface area (Å²) in [7, 11) is 0. The number of nitrogens with zero attached hydrogens (tertiary/aromatic N) is 1. The van der Waals surface area contributed by atoms with Gasteiger partial charge in [-0.3, -0.25) is 19.7 Å². The molecule has 6 heteroatoms. The molecule has 0 bridgehead atoms. The van der Waals surface area contributed by atoms with E-state index in [2.05, 4.69) is 41.9 Å². The molecule has 0 saturated carbocycles. The second-order valence-corrected chi connectivity index (χ2v) is 9.35. The molecule has 4 aromatic rings. The van der Waals surface area contributed by atoms with Gasteiger partial charge in [-0.05, 0) is 73.0 Å². The maximum atomic E-state index is 12.1. The summed E-state index contributed by atoms with van der Waals surface area (Å²) in [5, 5.41) is 4.28. The first-order valence-electron chi connectivity index (χ1n) is 10.7. The van der Waals surface area contributed by atoms with Gasteiger partial charge in [-0.2, -0.15) is 0 Å². The number of benzene rings is 3. The Bertz CT molecular complexity index is 1510. The average molecular weight is 455 g/mol. The van der Waals surface area contributed by atoms with Crippen LogP contribution in [0.25, 0.3) is 27.9 Å². The van der Waals surface area contributed by atoms with Gasteiger partial charge in [0.25, 0.3) is 11.1 Å². The van der Waals surface area contributed by atoms with Gasteiger partial charge >= 0.3 is 0 Å². The van der Waals surface area contributed by atoms with Crippen LogP contribution < -0.4 is 5.32 Å². The summed E-state index contributed by atoms with van der Waals surface area (Å²) in [5.41, 5.74) is 7.18. The van der Waals surface area contributed by atoms with Gasteiger partial charge in [0.05, 0.1) is 10.4 Å². The third-order valence-corrected chi connectivity index (χ3v) is 6.96. The quantitative estimate of drug-likeness (QED) is 0.304. The molecule has 5 nitrogen and oxygen atoms in total. The van der Waals surface area contributed by atoms with Crippen LogP contribution in [0.15, 0.2) is 59.5 Å². The molecule has 0 atom stereocenters. The number of amides is 2. The summed E-state index contributed by atoms with van der Waals surface area (Å²) in [6.45, 7) is 6.39. The standard InChI is InChI=1S/C27H22N2O3S/c1-15-12-20(13-23-26(31)28-27(32)33-23)16(2)24-21-6-4-5-7-22(21)29(25(15)24)14-18-8-10-19(11-9-18)17(3)30/h4-13H,14H2,1-3H3,(H,28,31,32)/b23-13-. The number of carbonyl (C=O) groups excluding carboxylic acids is 3. The highest BCUT2D eigenvalue weighted by Crippen LogP contribution is 2.37. The summed E-state index contributed by atoms with van der Waals surface area (Å²) < 4.78 is 2.31. The van der Waals surface area contributed by atoms with Crippen LogP contribution in [-0.4, -0.2) is 21.5 Å². The largest absolute Gasteiger partial charge is 0.336 e. The van der Waals surface area contributed by atoms with Crippen molar-refractivity contribution in [2.75, 3.05) is 0 Å². The zero-order chi connectivity index (χ0) is 23.3. The van der Waals surface area contributed by atoms with E-state index in [1.165, 1.54) is 0 Å². The highest BCUT2D eigenvalue weighted by Gasteiger charge is 2.26. The maximum absolute atomic E-state index is 12.1. The molecule has 1 aliphatic heterocycles. The molecule has 5 rings (SSSR count). The minimum absolute atomic E-state index is 0.0577. The number of aromatic nitrogens is 1. The van der Waals surface area contributed by atoms with E-state index in [-0.39, 0.29) is 16.9 Å². The van der Waals surface area contributed by atoms with E-state index in [0.29, 0.717) is 17.0 Å². The summed E-state index contributed by atoms with van der Waals surface area (Å²) in [6, 6.07) is 18.2. The average Bonchev–Trinajstić information content (AvgIpc) is 3.29. The van der Waals surface area contributed by atoms with Gasteiger partial charge in [-0.15, -0.1) is 0 Å². The molecule has 1 aromatic heterocycles. The molecular weight excluding hydrogens is 432 g/mol. The van der Waals surface area contributed by atoms with E-state index in [1.54, 1.807) is 13.0 Å². The fourth-order valence-corrected chi connectivity index (χ4v) is 5.22. The minimum atomic E-state index is -0.349. The molecule has 2 amide bonds. The number of thioether (sulfide) groups is 1. The number of aryl methyl sites for hydroxylation is 2. The van der Waals surface area contributed by atoms with Crippen molar-refractivity contribution in [1.82, 2.24) is 9.88 Å². The first kappa shape index (κ1) is 21.2. The number of nitrogens with one attached hydrogen (secondary N) is 1. The van der Waals surface area contributed by atoms with E-state index in [1.807, 2.05) is 36.4 Å². The third kappa shape index (κ3) is 3.66. The SMILES string of the molecule is CC(=O)c1ccc(Cn2c3ccccc3c3c(C)c(/C=C4\SC(=O)NC4=O)cc(C)c32)cc1. The number of imide groups is 1. The zero-order valence-corrected chi connectivity index (χ0v) is 19.4. The van der Waals surface area contributed by atoms with Gasteiger partial charge in [-0.25, -0.2) is 0 Å². The van der Waals surface area contributed by atoms with Crippen LogP contribution in [-0.2, 0) is 11.3 Å². The predicted molar refractivity (Wildman–Crippen MR) is 134 cm³/mol. The first-order chi connectivity index (χ1) is 15.8. The Balaban J connectivity index is 1.70. The molecule has 0 unspecified atom stereocenters. The summed E-state index contributed by atoms with van der Waals surface area (Å²) in [5.74, 6) is -0.291. The number of fused-ring (bicyclic) bond motifs is 3. The van der Waals surface area contributed by atoms with Crippen molar-refractivity contribution < 1.29 is 14.4 Å². The fourth-order valence-electron chi connectivity index (χ4n) is 4.55. The van der Waals surface area contributed by atoms with Gasteiger partial charge in [0.2, 0.25) is 0 Å². The molecule has 3 aromatic carbocycles. The van der Waals surface area contributed by atoms with Crippen molar-refractivity contribution in [2.45, 2.75) is 27.3 Å². The first-order valence-corrected chi connectivity index (χ1v) is 11.5. The molecular formula is C27H22N2O3S. The molecule has 1 saturated heterocycles. The second-order valence-electron chi connectivity index (χ2n) is 8.34. The number of carbonyl (C=O) groups is 3. The predicted octanol–water partition coefficient (Wildman–Crippen LogP) is 5.99. The minimum Gasteiger partial charge on any atom is -0.336 e. The lowest BCUT2D eigenvalue weighted by Gasteiger charge is -2.12. The Labute approximate surface area is 195 Å². The molecule has 164 valence electrons. The fraction of sp³-hybridized carbons (Fsp3) is 0.148. The lowest BCUT2D eigenvalue weighted by molar-refractivity contribution is -0.115. The van der Waals surface area contributed by atoms with E-state index < -0.39 is 0 Å². The number of hydrogen-bond acceptors (Lipinski definition) is 4.